The van der Waals surface area contributed by atoms with E-state index in [1.807, 2.05) is 11.8 Å². The molecule has 0 bridgehead atoms. The summed E-state index contributed by atoms with van der Waals surface area (Å²) in [6, 6.07) is 0.113. The minimum Gasteiger partial charge on any atom is -0.341 e. The van der Waals surface area contributed by atoms with Crippen molar-refractivity contribution in [3.05, 3.63) is 0 Å². The normalized spacial score (nSPS) is 31.1. The van der Waals surface area contributed by atoms with Gasteiger partial charge in [0.15, 0.2) is 0 Å². The molecule has 1 heterocycles. The molecule has 1 aliphatic carbocycles. The lowest BCUT2D eigenvalue weighted by Crippen LogP contribution is -2.36. The molecule has 2 atom stereocenters. The fourth-order valence-corrected chi connectivity index (χ4v) is 2.21. The monoisotopic (exact) mass is 182 g/mol. The van der Waals surface area contributed by atoms with E-state index in [0.29, 0.717) is 11.8 Å². The van der Waals surface area contributed by atoms with Crippen LogP contribution in [0.15, 0.2) is 0 Å². The van der Waals surface area contributed by atoms with Crippen molar-refractivity contribution in [3.63, 3.8) is 0 Å². The van der Waals surface area contributed by atoms with E-state index in [-0.39, 0.29) is 6.04 Å². The van der Waals surface area contributed by atoms with Crippen molar-refractivity contribution < 1.29 is 4.79 Å². The molecule has 2 rings (SSSR count). The van der Waals surface area contributed by atoms with Crippen LogP contribution in [0.3, 0.4) is 0 Å². The van der Waals surface area contributed by atoms with Gasteiger partial charge in [-0.2, -0.15) is 0 Å². The fourth-order valence-electron chi connectivity index (χ4n) is 2.21. The molecule has 0 aromatic carbocycles. The highest BCUT2D eigenvalue weighted by molar-refractivity contribution is 5.78. The van der Waals surface area contributed by atoms with Crippen molar-refractivity contribution in [2.45, 2.75) is 32.2 Å². The first-order chi connectivity index (χ1) is 6.16. The van der Waals surface area contributed by atoms with Gasteiger partial charge in [-0.1, -0.05) is 0 Å². The summed E-state index contributed by atoms with van der Waals surface area (Å²) in [4.78, 5) is 13.5. The van der Waals surface area contributed by atoms with Gasteiger partial charge in [-0.15, -0.1) is 0 Å². The molecule has 1 saturated carbocycles. The maximum Gasteiger partial charge on any atom is 0.222 e. The number of nitrogens with two attached hydrogens (primary N) is 1. The second-order valence-electron chi connectivity index (χ2n) is 4.58. The molecule has 13 heavy (non-hydrogen) atoms. The molecule has 2 N–H and O–H groups in total. The molecule has 3 heteroatoms. The third kappa shape index (κ3) is 2.02. The van der Waals surface area contributed by atoms with Gasteiger partial charge in [-0.3, -0.25) is 4.79 Å². The maximum absolute atomic E-state index is 11.5. The Labute approximate surface area is 79.3 Å². The van der Waals surface area contributed by atoms with Crippen molar-refractivity contribution in [2.75, 3.05) is 13.1 Å². The third-order valence-electron chi connectivity index (χ3n) is 3.04. The molecular weight excluding hydrogens is 164 g/mol. The number of hydrogen-bond acceptors (Lipinski definition) is 2. The van der Waals surface area contributed by atoms with Crippen molar-refractivity contribution in [1.82, 2.24) is 4.90 Å². The van der Waals surface area contributed by atoms with Crippen LogP contribution in [-0.4, -0.2) is 29.9 Å². The lowest BCUT2D eigenvalue weighted by Gasteiger charge is -2.18. The van der Waals surface area contributed by atoms with Gasteiger partial charge in [0.2, 0.25) is 5.91 Å². The molecule has 0 radical (unpaired) electrons. The van der Waals surface area contributed by atoms with Crippen LogP contribution in [0.2, 0.25) is 0 Å². The molecule has 3 nitrogen and oxygen atoms in total. The highest BCUT2D eigenvalue weighted by Crippen LogP contribution is 2.41. The Kier molecular flexibility index (Phi) is 2.28. The minimum atomic E-state index is 0.113. The van der Waals surface area contributed by atoms with Crippen LogP contribution in [-0.2, 0) is 4.79 Å². The topological polar surface area (TPSA) is 46.3 Å². The van der Waals surface area contributed by atoms with Gasteiger partial charge in [-0.25, -0.2) is 0 Å². The number of likely N-dealkylation sites (tertiary alicyclic amines) is 1. The number of rotatable bonds is 3. The highest BCUT2D eigenvalue weighted by Gasteiger charge is 2.39. The van der Waals surface area contributed by atoms with Crippen LogP contribution in [0.4, 0.5) is 0 Å². The molecule has 0 aromatic rings. The van der Waals surface area contributed by atoms with Crippen LogP contribution in [0.5, 0.6) is 0 Å². The van der Waals surface area contributed by atoms with E-state index in [9.17, 15) is 4.79 Å². The predicted octanol–water partition coefficient (Wildman–Crippen LogP) is 0.592. The zero-order chi connectivity index (χ0) is 9.42. The standard InChI is InChI=1S/C10H18N2O/c1-7(11)5-12-6-9(4-10(12)13)8-2-3-8/h7-9H,2-6,11H2,1H3. The summed E-state index contributed by atoms with van der Waals surface area (Å²) in [5.41, 5.74) is 5.68. The van der Waals surface area contributed by atoms with E-state index in [0.717, 1.165) is 25.4 Å². The summed E-state index contributed by atoms with van der Waals surface area (Å²) in [7, 11) is 0. The van der Waals surface area contributed by atoms with Crippen molar-refractivity contribution in [1.29, 1.82) is 0 Å². The van der Waals surface area contributed by atoms with Crippen LogP contribution in [0.1, 0.15) is 26.2 Å². The van der Waals surface area contributed by atoms with Crippen molar-refractivity contribution in [2.24, 2.45) is 17.6 Å². The maximum atomic E-state index is 11.5. The summed E-state index contributed by atoms with van der Waals surface area (Å²) in [6.07, 6.45) is 3.45. The Hall–Kier alpha value is -0.570. The summed E-state index contributed by atoms with van der Waals surface area (Å²) >= 11 is 0. The first kappa shape index (κ1) is 9.00. The van der Waals surface area contributed by atoms with Gasteiger partial charge in [0.05, 0.1) is 0 Å². The molecule has 0 aromatic heterocycles. The molecule has 2 aliphatic rings. The molecular formula is C10H18N2O. The summed E-state index contributed by atoms with van der Waals surface area (Å²) in [5, 5.41) is 0. The second-order valence-corrected chi connectivity index (χ2v) is 4.58. The average molecular weight is 182 g/mol. The van der Waals surface area contributed by atoms with Gasteiger partial charge in [0, 0.05) is 25.6 Å². The van der Waals surface area contributed by atoms with Gasteiger partial charge >= 0.3 is 0 Å². The number of nitrogens with zero attached hydrogens (tertiary/aromatic N) is 1. The lowest BCUT2D eigenvalue weighted by molar-refractivity contribution is -0.127. The number of carbonyl (C=O) groups excluding carboxylic acids is 1. The number of carbonyl (C=O) groups is 1. The lowest BCUT2D eigenvalue weighted by atomic mass is 10.0. The number of amides is 1. The first-order valence-electron chi connectivity index (χ1n) is 5.20. The second kappa shape index (κ2) is 3.29. The Morgan fingerprint density at radius 1 is 1.54 bits per heavy atom. The third-order valence-corrected chi connectivity index (χ3v) is 3.04. The van der Waals surface area contributed by atoms with E-state index in [4.69, 9.17) is 5.73 Å². The van der Waals surface area contributed by atoms with E-state index >= 15 is 0 Å². The largest absolute Gasteiger partial charge is 0.341 e. The number of hydrogen-bond donors (Lipinski definition) is 1. The van der Waals surface area contributed by atoms with Crippen molar-refractivity contribution >= 4 is 5.91 Å². The van der Waals surface area contributed by atoms with Gasteiger partial charge in [0.25, 0.3) is 0 Å². The smallest absolute Gasteiger partial charge is 0.222 e. The van der Waals surface area contributed by atoms with Crippen LogP contribution in [0.25, 0.3) is 0 Å². The first-order valence-corrected chi connectivity index (χ1v) is 5.20. The van der Waals surface area contributed by atoms with E-state index < -0.39 is 0 Å². The molecule has 0 spiro atoms. The predicted molar refractivity (Wildman–Crippen MR) is 51.1 cm³/mol. The zero-order valence-corrected chi connectivity index (χ0v) is 8.20. The molecule has 74 valence electrons. The van der Waals surface area contributed by atoms with E-state index in [1.54, 1.807) is 0 Å². The van der Waals surface area contributed by atoms with Gasteiger partial charge in [-0.05, 0) is 31.6 Å². The zero-order valence-electron chi connectivity index (χ0n) is 8.20. The Balaban J connectivity index is 1.87. The fraction of sp³-hybridized carbons (Fsp3) is 0.900. The molecule has 2 fully saturated rings. The SMILES string of the molecule is CC(N)CN1CC(C2CC2)CC1=O. The van der Waals surface area contributed by atoms with Crippen LogP contribution in [0, 0.1) is 11.8 Å². The summed E-state index contributed by atoms with van der Waals surface area (Å²) in [6.45, 7) is 3.66. The molecule has 1 saturated heterocycles. The van der Waals surface area contributed by atoms with Crippen LogP contribution < -0.4 is 5.73 Å². The average Bonchev–Trinajstić information content (AvgIpc) is 2.79. The van der Waals surface area contributed by atoms with Gasteiger partial charge < -0.3 is 10.6 Å². The van der Waals surface area contributed by atoms with Gasteiger partial charge in [0.1, 0.15) is 0 Å². The quantitative estimate of drug-likeness (QED) is 0.694. The minimum absolute atomic E-state index is 0.113. The molecule has 1 amide bonds. The van der Waals surface area contributed by atoms with Crippen molar-refractivity contribution in [3.8, 4) is 0 Å². The van der Waals surface area contributed by atoms with Crippen LogP contribution >= 0.6 is 0 Å². The summed E-state index contributed by atoms with van der Waals surface area (Å²) < 4.78 is 0. The highest BCUT2D eigenvalue weighted by atomic mass is 16.2. The van der Waals surface area contributed by atoms with E-state index in [2.05, 4.69) is 0 Å². The Morgan fingerprint density at radius 2 is 2.23 bits per heavy atom. The summed E-state index contributed by atoms with van der Waals surface area (Å²) in [5.74, 6) is 1.81. The Bertz CT molecular complexity index is 211. The molecule has 2 unspecified atom stereocenters. The Morgan fingerprint density at radius 3 is 2.77 bits per heavy atom. The molecule has 1 aliphatic heterocycles. The van der Waals surface area contributed by atoms with E-state index in [1.165, 1.54) is 12.8 Å².